The van der Waals surface area contributed by atoms with Crippen LogP contribution >= 0.6 is 0 Å². The third kappa shape index (κ3) is 2.79. The van der Waals surface area contributed by atoms with Gasteiger partial charge in [0, 0.05) is 18.5 Å². The van der Waals surface area contributed by atoms with Gasteiger partial charge < -0.3 is 15.0 Å². The molecule has 1 aromatic heterocycles. The van der Waals surface area contributed by atoms with Crippen molar-refractivity contribution in [3.8, 4) is 17.0 Å². The molecule has 108 valence electrons. The Morgan fingerprint density at radius 1 is 1.25 bits per heavy atom. The third-order valence-corrected chi connectivity index (χ3v) is 3.29. The summed E-state index contributed by atoms with van der Waals surface area (Å²) in [6, 6.07) is 7.95. The summed E-state index contributed by atoms with van der Waals surface area (Å²) in [5.74, 6) is 2.94. The molecule has 4 heteroatoms. The minimum Gasteiger partial charge on any atom is -0.494 e. The van der Waals surface area contributed by atoms with E-state index in [0.717, 1.165) is 35.9 Å². The van der Waals surface area contributed by atoms with Gasteiger partial charge in [-0.2, -0.15) is 0 Å². The zero-order valence-corrected chi connectivity index (χ0v) is 12.7. The Morgan fingerprint density at radius 2 is 1.90 bits per heavy atom. The standard InChI is InChI=1S/C16H23N3O/c1-5-10-20-13-8-6-12(7-9-13)14-15(17)19(4)16(18-14)11(2)3/h6-9,11H,5,10,17H2,1-4H3. The Balaban J connectivity index is 2.30. The maximum Gasteiger partial charge on any atom is 0.131 e. The summed E-state index contributed by atoms with van der Waals surface area (Å²) in [5.41, 5.74) is 8.03. The number of hydrogen-bond donors (Lipinski definition) is 1. The van der Waals surface area contributed by atoms with Gasteiger partial charge in [-0.3, -0.25) is 0 Å². The summed E-state index contributed by atoms with van der Waals surface area (Å²) >= 11 is 0. The zero-order valence-electron chi connectivity index (χ0n) is 12.7. The fourth-order valence-electron chi connectivity index (χ4n) is 2.19. The summed E-state index contributed by atoms with van der Waals surface area (Å²) < 4.78 is 7.55. The van der Waals surface area contributed by atoms with E-state index in [0.29, 0.717) is 11.7 Å². The SMILES string of the molecule is CCCOc1ccc(-c2nc(C(C)C)n(C)c2N)cc1. The molecule has 2 aromatic rings. The second-order valence-electron chi connectivity index (χ2n) is 5.29. The highest BCUT2D eigenvalue weighted by molar-refractivity contribution is 5.71. The van der Waals surface area contributed by atoms with Gasteiger partial charge in [-0.25, -0.2) is 4.98 Å². The highest BCUT2D eigenvalue weighted by Crippen LogP contribution is 2.29. The zero-order chi connectivity index (χ0) is 14.7. The van der Waals surface area contributed by atoms with Crippen LogP contribution in [0.1, 0.15) is 38.9 Å². The van der Waals surface area contributed by atoms with E-state index in [9.17, 15) is 0 Å². The van der Waals surface area contributed by atoms with Gasteiger partial charge in [-0.15, -0.1) is 0 Å². The number of imidazole rings is 1. The van der Waals surface area contributed by atoms with Gasteiger partial charge in [0.05, 0.1) is 6.61 Å². The highest BCUT2D eigenvalue weighted by Gasteiger charge is 2.15. The molecule has 1 aromatic carbocycles. The van der Waals surface area contributed by atoms with E-state index >= 15 is 0 Å². The van der Waals surface area contributed by atoms with Crippen LogP contribution in [0.5, 0.6) is 5.75 Å². The van der Waals surface area contributed by atoms with Crippen LogP contribution in [0.3, 0.4) is 0 Å². The van der Waals surface area contributed by atoms with Crippen LogP contribution in [0.25, 0.3) is 11.3 Å². The molecule has 1 heterocycles. The molecule has 2 N–H and O–H groups in total. The van der Waals surface area contributed by atoms with E-state index < -0.39 is 0 Å². The lowest BCUT2D eigenvalue weighted by Gasteiger charge is -2.05. The van der Waals surface area contributed by atoms with Crippen molar-refractivity contribution in [3.63, 3.8) is 0 Å². The van der Waals surface area contributed by atoms with Gasteiger partial charge in [0.2, 0.25) is 0 Å². The molecule has 0 unspecified atom stereocenters. The third-order valence-electron chi connectivity index (χ3n) is 3.29. The second-order valence-corrected chi connectivity index (χ2v) is 5.29. The van der Waals surface area contributed by atoms with Crippen LogP contribution in [0.2, 0.25) is 0 Å². The molecular weight excluding hydrogens is 250 g/mol. The molecule has 0 saturated carbocycles. The average molecular weight is 273 g/mol. The van der Waals surface area contributed by atoms with E-state index in [-0.39, 0.29) is 0 Å². The van der Waals surface area contributed by atoms with Crippen LogP contribution < -0.4 is 10.5 Å². The molecule has 0 fully saturated rings. The van der Waals surface area contributed by atoms with Crippen LogP contribution in [-0.4, -0.2) is 16.2 Å². The topological polar surface area (TPSA) is 53.1 Å². The predicted molar refractivity (Wildman–Crippen MR) is 82.9 cm³/mol. The van der Waals surface area contributed by atoms with Crippen molar-refractivity contribution < 1.29 is 4.74 Å². The quantitative estimate of drug-likeness (QED) is 0.906. The minimum absolute atomic E-state index is 0.350. The molecule has 0 aliphatic carbocycles. The van der Waals surface area contributed by atoms with Crippen molar-refractivity contribution in [2.45, 2.75) is 33.1 Å². The van der Waals surface area contributed by atoms with Crippen LogP contribution in [-0.2, 0) is 7.05 Å². The summed E-state index contributed by atoms with van der Waals surface area (Å²) in [4.78, 5) is 4.67. The number of hydrogen-bond acceptors (Lipinski definition) is 3. The number of ether oxygens (including phenoxy) is 1. The van der Waals surface area contributed by atoms with E-state index in [2.05, 4.69) is 25.8 Å². The summed E-state index contributed by atoms with van der Waals surface area (Å²) in [6.45, 7) is 7.07. The number of benzene rings is 1. The number of nitrogens with two attached hydrogens (primary N) is 1. The van der Waals surface area contributed by atoms with Crippen LogP contribution in [0.15, 0.2) is 24.3 Å². The lowest BCUT2D eigenvalue weighted by molar-refractivity contribution is 0.317. The van der Waals surface area contributed by atoms with E-state index in [4.69, 9.17) is 10.5 Å². The molecule has 0 atom stereocenters. The fourth-order valence-corrected chi connectivity index (χ4v) is 2.19. The Bertz CT molecular complexity index is 570. The Morgan fingerprint density at radius 3 is 2.40 bits per heavy atom. The summed E-state index contributed by atoms with van der Waals surface area (Å²) in [6.07, 6.45) is 1.01. The van der Waals surface area contributed by atoms with E-state index in [1.54, 1.807) is 0 Å². The molecule has 0 aliphatic rings. The lowest BCUT2D eigenvalue weighted by atomic mass is 10.1. The van der Waals surface area contributed by atoms with Gasteiger partial charge in [-0.1, -0.05) is 20.8 Å². The maximum absolute atomic E-state index is 6.16. The van der Waals surface area contributed by atoms with Crippen LogP contribution in [0.4, 0.5) is 5.82 Å². The Hall–Kier alpha value is -1.97. The lowest BCUT2D eigenvalue weighted by Crippen LogP contribution is -2.02. The van der Waals surface area contributed by atoms with E-state index in [1.165, 1.54) is 0 Å². The first-order valence-corrected chi connectivity index (χ1v) is 7.09. The number of anilines is 1. The van der Waals surface area contributed by atoms with Crippen molar-refractivity contribution in [3.05, 3.63) is 30.1 Å². The number of nitrogen functional groups attached to an aromatic ring is 1. The van der Waals surface area contributed by atoms with E-state index in [1.807, 2.05) is 35.9 Å². The fraction of sp³-hybridized carbons (Fsp3) is 0.438. The predicted octanol–water partition coefficient (Wildman–Crippen LogP) is 3.58. The largest absolute Gasteiger partial charge is 0.494 e. The van der Waals surface area contributed by atoms with Crippen molar-refractivity contribution >= 4 is 5.82 Å². The van der Waals surface area contributed by atoms with Gasteiger partial charge in [-0.05, 0) is 30.7 Å². The first kappa shape index (κ1) is 14.4. The number of nitrogens with zero attached hydrogens (tertiary/aromatic N) is 2. The second kappa shape index (κ2) is 5.99. The molecule has 20 heavy (non-hydrogen) atoms. The summed E-state index contributed by atoms with van der Waals surface area (Å²) in [5, 5.41) is 0. The van der Waals surface area contributed by atoms with Crippen LogP contribution in [0, 0.1) is 0 Å². The average Bonchev–Trinajstić information content (AvgIpc) is 2.74. The van der Waals surface area contributed by atoms with Crippen molar-refractivity contribution in [1.82, 2.24) is 9.55 Å². The van der Waals surface area contributed by atoms with Gasteiger partial charge in [0.15, 0.2) is 0 Å². The molecule has 0 spiro atoms. The molecule has 4 nitrogen and oxygen atoms in total. The minimum atomic E-state index is 0.350. The van der Waals surface area contributed by atoms with Crippen molar-refractivity contribution in [2.75, 3.05) is 12.3 Å². The van der Waals surface area contributed by atoms with Gasteiger partial charge in [0.25, 0.3) is 0 Å². The highest BCUT2D eigenvalue weighted by atomic mass is 16.5. The molecule has 0 radical (unpaired) electrons. The van der Waals surface area contributed by atoms with Gasteiger partial charge in [0.1, 0.15) is 23.1 Å². The van der Waals surface area contributed by atoms with Gasteiger partial charge >= 0.3 is 0 Å². The molecule has 0 amide bonds. The normalized spacial score (nSPS) is 11.1. The molecule has 0 saturated heterocycles. The first-order chi connectivity index (χ1) is 9.54. The Kier molecular flexibility index (Phi) is 4.32. The molecular formula is C16H23N3O. The Labute approximate surface area is 120 Å². The first-order valence-electron chi connectivity index (χ1n) is 7.09. The monoisotopic (exact) mass is 273 g/mol. The number of rotatable bonds is 5. The van der Waals surface area contributed by atoms with Crippen molar-refractivity contribution in [1.29, 1.82) is 0 Å². The molecule has 0 bridgehead atoms. The summed E-state index contributed by atoms with van der Waals surface area (Å²) in [7, 11) is 1.96. The van der Waals surface area contributed by atoms with Crippen molar-refractivity contribution in [2.24, 2.45) is 7.05 Å². The molecule has 2 rings (SSSR count). The smallest absolute Gasteiger partial charge is 0.131 e. The maximum atomic E-state index is 6.16. The molecule has 0 aliphatic heterocycles. The number of aromatic nitrogens is 2.